The van der Waals surface area contributed by atoms with E-state index in [0.717, 1.165) is 12.2 Å². The van der Waals surface area contributed by atoms with Gasteiger partial charge in [-0.15, -0.1) is 0 Å². The lowest BCUT2D eigenvalue weighted by molar-refractivity contribution is -0.160. The molecule has 9 atom stereocenters. The molecule has 0 radical (unpaired) electrons. The van der Waals surface area contributed by atoms with Crippen LogP contribution in [0.15, 0.2) is 42.2 Å². The molecule has 14 nitrogen and oxygen atoms in total. The molecule has 3 aliphatic heterocycles. The van der Waals surface area contributed by atoms with Gasteiger partial charge in [-0.25, -0.2) is 0 Å². The van der Waals surface area contributed by atoms with E-state index in [4.69, 9.17) is 18.9 Å². The van der Waals surface area contributed by atoms with Crippen molar-refractivity contribution in [3.63, 3.8) is 0 Å². The highest BCUT2D eigenvalue weighted by Crippen LogP contribution is 2.55. The molecule has 5 bridgehead atoms. The van der Waals surface area contributed by atoms with Gasteiger partial charge in [0.05, 0.1) is 41.2 Å². The van der Waals surface area contributed by atoms with Gasteiger partial charge in [-0.3, -0.25) is 19.2 Å². The first kappa shape index (κ1) is 42.6. The number of ketones is 2. The zero-order chi connectivity index (χ0) is 41.3. The summed E-state index contributed by atoms with van der Waals surface area (Å²) in [6.07, 6.45) is 5.58. The van der Waals surface area contributed by atoms with Crippen molar-refractivity contribution < 1.29 is 63.7 Å². The van der Waals surface area contributed by atoms with Gasteiger partial charge in [-0.2, -0.15) is 0 Å². The monoisotopic (exact) mass is 765 g/mol. The van der Waals surface area contributed by atoms with Crippen molar-refractivity contribution >= 4 is 46.0 Å². The molecule has 0 saturated heterocycles. The van der Waals surface area contributed by atoms with Gasteiger partial charge in [0.2, 0.25) is 0 Å². The molecule has 298 valence electrons. The number of aliphatic hydroxyl groups excluding tert-OH is 2. The third kappa shape index (κ3) is 8.26. The highest BCUT2D eigenvalue weighted by Gasteiger charge is 2.50. The molecule has 3 aliphatic rings. The van der Waals surface area contributed by atoms with E-state index in [1.54, 1.807) is 39.8 Å². The highest BCUT2D eigenvalue weighted by molar-refractivity contribution is 6.23. The second-order valence-corrected chi connectivity index (χ2v) is 14.6. The fraction of sp³-hybridized carbons (Fsp3) is 0.463. The second-order valence-electron chi connectivity index (χ2n) is 14.6. The van der Waals surface area contributed by atoms with Crippen molar-refractivity contribution in [3.05, 3.63) is 58.9 Å². The van der Waals surface area contributed by atoms with Gasteiger partial charge in [0.25, 0.3) is 11.7 Å². The number of aliphatic hydroxyl groups is 2. The van der Waals surface area contributed by atoms with E-state index in [1.165, 1.54) is 60.1 Å². The van der Waals surface area contributed by atoms with Crippen molar-refractivity contribution in [2.45, 2.75) is 92.5 Å². The number of phenols is 3. The van der Waals surface area contributed by atoms with Gasteiger partial charge in [-0.05, 0) is 39.0 Å². The van der Waals surface area contributed by atoms with E-state index in [0.29, 0.717) is 0 Å². The average molecular weight is 766 g/mol. The standard InChI is InChI=1S/C41H51NO13/c1-18-12-11-13-19(2)40(51)42-31-26(15-14-20(3)43)35(48)28-29(36(31)49)34(47)24(7)38-30(28)39(50)41(9,55-38)53-17-16-27(52-10)21(4)37(54-25(8)44)23(6)33(46)22(5)32(18)45/h11-18,21-23,27,32-33,37,45-49H,1-10H3,(H,42,51)/b12-11-,15-14+,17-16-,19-13-. The van der Waals surface area contributed by atoms with Crippen molar-refractivity contribution in [1.82, 2.24) is 0 Å². The van der Waals surface area contributed by atoms with Gasteiger partial charge >= 0.3 is 11.8 Å². The Morgan fingerprint density at radius 1 is 0.909 bits per heavy atom. The Bertz CT molecular complexity index is 2000. The molecule has 0 aliphatic carbocycles. The van der Waals surface area contributed by atoms with Gasteiger partial charge in [-0.1, -0.05) is 45.9 Å². The molecule has 2 aromatic carbocycles. The molecule has 3 heterocycles. The minimum absolute atomic E-state index is 0.0172. The van der Waals surface area contributed by atoms with Crippen LogP contribution >= 0.6 is 0 Å². The smallest absolute Gasteiger partial charge is 0.312 e. The number of methoxy groups -OCH3 is 1. The van der Waals surface area contributed by atoms with Crippen LogP contribution in [0.4, 0.5) is 5.69 Å². The average Bonchev–Trinajstić information content (AvgIpc) is 3.39. The van der Waals surface area contributed by atoms with Crippen molar-refractivity contribution in [2.75, 3.05) is 12.4 Å². The number of rotatable bonds is 4. The summed E-state index contributed by atoms with van der Waals surface area (Å²) >= 11 is 0. The summed E-state index contributed by atoms with van der Waals surface area (Å²) in [6, 6.07) is 0. The SMILES string of the molecule is COC1/C=C\OC2(C)Oc3c(C)c(O)c4c(O)c(c(/C=C/C(C)=O)c(O)c4c3C2=O)NC(=O)/C(C)=C\C=C/C(C)C(O)C(C)C(O)C(C)C(OC(C)=O)C1C. The summed E-state index contributed by atoms with van der Waals surface area (Å²) in [5.74, 6) is -9.23. The number of phenolic OH excluding ortho intramolecular Hbond substituents is 3. The number of amides is 1. The maximum absolute atomic E-state index is 14.2. The van der Waals surface area contributed by atoms with Crippen LogP contribution in [-0.4, -0.2) is 86.3 Å². The Balaban J connectivity index is 1.98. The fourth-order valence-electron chi connectivity index (χ4n) is 7.11. The highest BCUT2D eigenvalue weighted by atomic mass is 16.7. The van der Waals surface area contributed by atoms with Crippen LogP contribution in [0.25, 0.3) is 16.8 Å². The van der Waals surface area contributed by atoms with Crippen molar-refractivity contribution in [3.8, 4) is 23.0 Å². The maximum atomic E-state index is 14.2. The number of nitrogens with one attached hydrogen (secondary N) is 1. The summed E-state index contributed by atoms with van der Waals surface area (Å²) in [6.45, 7) is 13.6. The number of ether oxygens (including phenoxy) is 4. The van der Waals surface area contributed by atoms with Crippen molar-refractivity contribution in [1.29, 1.82) is 0 Å². The van der Waals surface area contributed by atoms with E-state index in [1.807, 2.05) is 0 Å². The molecule has 0 spiro atoms. The van der Waals surface area contributed by atoms with Crippen LogP contribution in [0.3, 0.4) is 0 Å². The number of aromatic hydroxyl groups is 3. The number of Topliss-reactive ketones (excluding diaryl/α,β-unsaturated/α-hetero) is 1. The summed E-state index contributed by atoms with van der Waals surface area (Å²) in [7, 11) is 1.42. The molecule has 5 rings (SSSR count). The van der Waals surface area contributed by atoms with Gasteiger partial charge in [0.1, 0.15) is 23.4 Å². The van der Waals surface area contributed by atoms with E-state index in [9.17, 15) is 44.7 Å². The first-order chi connectivity index (χ1) is 25.7. The van der Waals surface area contributed by atoms with E-state index in [-0.39, 0.29) is 44.5 Å². The van der Waals surface area contributed by atoms with Gasteiger partial charge < -0.3 is 49.8 Å². The first-order valence-corrected chi connectivity index (χ1v) is 17.9. The third-order valence-corrected chi connectivity index (χ3v) is 10.5. The number of fused-ring (bicyclic) bond motifs is 14. The molecule has 1 amide bonds. The molecule has 0 fully saturated rings. The van der Waals surface area contributed by atoms with Crippen LogP contribution in [0, 0.1) is 30.6 Å². The van der Waals surface area contributed by atoms with E-state index >= 15 is 0 Å². The number of carbonyl (C=O) groups excluding carboxylic acids is 4. The molecule has 0 saturated carbocycles. The largest absolute Gasteiger partial charge is 0.507 e. The Labute approximate surface area is 319 Å². The predicted octanol–water partition coefficient (Wildman–Crippen LogP) is 5.36. The number of allylic oxidation sites excluding steroid dienone is 3. The lowest BCUT2D eigenvalue weighted by Gasteiger charge is -2.38. The Morgan fingerprint density at radius 2 is 1.56 bits per heavy atom. The predicted molar refractivity (Wildman–Crippen MR) is 204 cm³/mol. The zero-order valence-electron chi connectivity index (χ0n) is 32.7. The summed E-state index contributed by atoms with van der Waals surface area (Å²) in [5, 5.41) is 59.4. The molecule has 0 aromatic heterocycles. The second kappa shape index (κ2) is 16.7. The molecule has 14 heteroatoms. The van der Waals surface area contributed by atoms with Crippen molar-refractivity contribution in [2.24, 2.45) is 23.7 Å². The van der Waals surface area contributed by atoms with Gasteiger partial charge in [0, 0.05) is 66.7 Å². The number of benzene rings is 2. The molecular weight excluding hydrogens is 714 g/mol. The number of hydrogen-bond acceptors (Lipinski definition) is 13. The van der Waals surface area contributed by atoms with Crippen LogP contribution in [0.1, 0.15) is 76.9 Å². The van der Waals surface area contributed by atoms with E-state index < -0.39 is 94.6 Å². The van der Waals surface area contributed by atoms with Crippen LogP contribution in [0.5, 0.6) is 23.0 Å². The Kier molecular flexibility index (Phi) is 12.9. The molecule has 9 unspecified atom stereocenters. The maximum Gasteiger partial charge on any atom is 0.312 e. The molecule has 2 aromatic rings. The zero-order valence-corrected chi connectivity index (χ0v) is 32.7. The molecule has 55 heavy (non-hydrogen) atoms. The normalized spacial score (nSPS) is 31.4. The lowest BCUT2D eigenvalue weighted by Crippen LogP contribution is -2.46. The summed E-state index contributed by atoms with van der Waals surface area (Å²) in [4.78, 5) is 52.0. The minimum atomic E-state index is -2.07. The van der Waals surface area contributed by atoms with Gasteiger partial charge in [0.15, 0.2) is 11.5 Å². The number of anilines is 1. The number of carbonyl (C=O) groups is 4. The van der Waals surface area contributed by atoms with E-state index in [2.05, 4.69) is 5.32 Å². The Morgan fingerprint density at radius 3 is 2.16 bits per heavy atom. The summed E-state index contributed by atoms with van der Waals surface area (Å²) in [5.41, 5.74) is -0.686. The quantitative estimate of drug-likeness (QED) is 0.100. The third-order valence-electron chi connectivity index (χ3n) is 10.5. The van der Waals surface area contributed by atoms with Crippen LogP contribution < -0.4 is 10.1 Å². The molecule has 6 N–H and O–H groups in total. The lowest BCUT2D eigenvalue weighted by atomic mass is 9.78. The molecular formula is C41H51NO13. The van der Waals surface area contributed by atoms with Crippen LogP contribution in [0.2, 0.25) is 0 Å². The minimum Gasteiger partial charge on any atom is -0.507 e. The summed E-state index contributed by atoms with van der Waals surface area (Å²) < 4.78 is 23.3. The number of esters is 1. The number of hydrogen-bond donors (Lipinski definition) is 6. The first-order valence-electron chi connectivity index (χ1n) is 17.9. The Hall–Kier alpha value is -5.18. The fourth-order valence-corrected chi connectivity index (χ4v) is 7.11. The topological polar surface area (TPSA) is 218 Å². The van der Waals surface area contributed by atoms with Crippen LogP contribution in [-0.2, 0) is 28.6 Å².